The third kappa shape index (κ3) is 2.70. The van der Waals surface area contributed by atoms with Gasteiger partial charge in [-0.1, -0.05) is 0 Å². The van der Waals surface area contributed by atoms with Gasteiger partial charge in [0.2, 0.25) is 0 Å². The number of rotatable bonds is 4. The van der Waals surface area contributed by atoms with Gasteiger partial charge in [0.1, 0.15) is 16.2 Å². The fraction of sp³-hybridized carbons (Fsp3) is 0.167. The molecule has 0 aliphatic heterocycles. The first-order chi connectivity index (χ1) is 8.60. The lowest BCUT2D eigenvalue weighted by atomic mass is 10.2. The second-order valence-electron chi connectivity index (χ2n) is 3.65. The molecule has 0 aliphatic carbocycles. The number of halogens is 1. The zero-order valence-corrected chi connectivity index (χ0v) is 11.2. The number of hydrogen-bond acceptors (Lipinski definition) is 3. The van der Waals surface area contributed by atoms with Crippen LogP contribution in [0.5, 0.6) is 5.75 Å². The van der Waals surface area contributed by atoms with E-state index in [1.807, 2.05) is 24.3 Å². The topological polar surface area (TPSA) is 75.2 Å². The van der Waals surface area contributed by atoms with Crippen LogP contribution in [-0.4, -0.2) is 28.2 Å². The first-order valence-corrected chi connectivity index (χ1v) is 6.00. The Morgan fingerprint density at radius 3 is 2.67 bits per heavy atom. The number of methoxy groups -OCH3 is 1. The molecule has 1 aromatic carbocycles. The minimum Gasteiger partial charge on any atom is -0.497 e. The van der Waals surface area contributed by atoms with E-state index in [1.54, 1.807) is 7.11 Å². The molecular weight excluding hydrogens is 300 g/mol. The van der Waals surface area contributed by atoms with E-state index in [9.17, 15) is 4.79 Å². The van der Waals surface area contributed by atoms with Crippen molar-refractivity contribution >= 4 is 21.9 Å². The van der Waals surface area contributed by atoms with E-state index < -0.39 is 5.97 Å². The number of carboxylic acids is 1. The van der Waals surface area contributed by atoms with Crippen LogP contribution in [-0.2, 0) is 11.2 Å². The molecule has 0 saturated carbocycles. The Labute approximate surface area is 112 Å². The first-order valence-electron chi connectivity index (χ1n) is 5.20. The highest BCUT2D eigenvalue weighted by Gasteiger charge is 2.12. The molecular formula is C12H11BrN2O3. The lowest BCUT2D eigenvalue weighted by Gasteiger charge is -2.00. The number of nitrogens with zero attached hydrogens (tertiary/aromatic N) is 1. The predicted octanol–water partition coefficient (Wildman–Crippen LogP) is 2.47. The first kappa shape index (κ1) is 12.6. The maximum absolute atomic E-state index is 10.7. The van der Waals surface area contributed by atoms with Crippen LogP contribution in [0.4, 0.5) is 0 Å². The second-order valence-corrected chi connectivity index (χ2v) is 4.40. The summed E-state index contributed by atoms with van der Waals surface area (Å²) < 4.78 is 5.59. The van der Waals surface area contributed by atoms with Crippen molar-refractivity contribution in [2.45, 2.75) is 6.42 Å². The summed E-state index contributed by atoms with van der Waals surface area (Å²) in [7, 11) is 1.60. The van der Waals surface area contributed by atoms with Gasteiger partial charge < -0.3 is 14.8 Å². The largest absolute Gasteiger partial charge is 0.497 e. The van der Waals surface area contributed by atoms with Gasteiger partial charge in [-0.05, 0) is 40.2 Å². The SMILES string of the molecule is COc1ccc(-c2nc(Br)c(CC(=O)O)[nH]2)cc1. The molecule has 6 heteroatoms. The summed E-state index contributed by atoms with van der Waals surface area (Å²) in [6.07, 6.45) is -0.0935. The van der Waals surface area contributed by atoms with Gasteiger partial charge in [-0.3, -0.25) is 4.79 Å². The minimum atomic E-state index is -0.902. The number of aromatic nitrogens is 2. The lowest BCUT2D eigenvalue weighted by Crippen LogP contribution is -2.00. The normalized spacial score (nSPS) is 10.3. The summed E-state index contributed by atoms with van der Waals surface area (Å²) in [5.41, 5.74) is 1.42. The van der Waals surface area contributed by atoms with Crippen molar-refractivity contribution in [3.63, 3.8) is 0 Å². The lowest BCUT2D eigenvalue weighted by molar-refractivity contribution is -0.136. The molecule has 0 atom stereocenters. The number of hydrogen-bond donors (Lipinski definition) is 2. The Morgan fingerprint density at radius 2 is 2.11 bits per heavy atom. The molecule has 2 aromatic rings. The van der Waals surface area contributed by atoms with Gasteiger partial charge in [0.15, 0.2) is 0 Å². The molecule has 1 aromatic heterocycles. The molecule has 2 rings (SSSR count). The van der Waals surface area contributed by atoms with Crippen molar-refractivity contribution in [3.05, 3.63) is 34.6 Å². The molecule has 0 aliphatic rings. The Bertz CT molecular complexity index is 563. The Hall–Kier alpha value is -1.82. The summed E-state index contributed by atoms with van der Waals surface area (Å²) in [6.45, 7) is 0. The predicted molar refractivity (Wildman–Crippen MR) is 69.6 cm³/mol. The molecule has 0 radical (unpaired) electrons. The molecule has 0 amide bonds. The van der Waals surface area contributed by atoms with Crippen molar-refractivity contribution in [2.75, 3.05) is 7.11 Å². The fourth-order valence-corrected chi connectivity index (χ4v) is 1.96. The van der Waals surface area contributed by atoms with E-state index in [-0.39, 0.29) is 6.42 Å². The number of carbonyl (C=O) groups is 1. The number of nitrogens with one attached hydrogen (secondary N) is 1. The van der Waals surface area contributed by atoms with Crippen LogP contribution in [0.2, 0.25) is 0 Å². The van der Waals surface area contributed by atoms with Gasteiger partial charge in [-0.15, -0.1) is 0 Å². The van der Waals surface area contributed by atoms with Crippen LogP contribution in [0.3, 0.4) is 0 Å². The van der Waals surface area contributed by atoms with E-state index >= 15 is 0 Å². The zero-order valence-electron chi connectivity index (χ0n) is 9.61. The maximum atomic E-state index is 10.7. The average Bonchev–Trinajstić information content (AvgIpc) is 2.70. The number of ether oxygens (including phenoxy) is 1. The highest BCUT2D eigenvalue weighted by atomic mass is 79.9. The van der Waals surface area contributed by atoms with Crippen LogP contribution in [0.1, 0.15) is 5.69 Å². The number of aliphatic carboxylic acids is 1. The van der Waals surface area contributed by atoms with Gasteiger partial charge >= 0.3 is 5.97 Å². The average molecular weight is 311 g/mol. The van der Waals surface area contributed by atoms with E-state index in [0.717, 1.165) is 11.3 Å². The Kier molecular flexibility index (Phi) is 3.66. The number of benzene rings is 1. The van der Waals surface area contributed by atoms with E-state index in [4.69, 9.17) is 9.84 Å². The van der Waals surface area contributed by atoms with E-state index in [2.05, 4.69) is 25.9 Å². The van der Waals surface area contributed by atoms with Crippen molar-refractivity contribution in [1.29, 1.82) is 0 Å². The summed E-state index contributed by atoms with van der Waals surface area (Å²) >= 11 is 3.24. The van der Waals surface area contributed by atoms with E-state index in [0.29, 0.717) is 16.1 Å². The molecule has 0 spiro atoms. The van der Waals surface area contributed by atoms with Crippen LogP contribution >= 0.6 is 15.9 Å². The quantitative estimate of drug-likeness (QED) is 0.909. The monoisotopic (exact) mass is 310 g/mol. The third-order valence-electron chi connectivity index (χ3n) is 2.42. The molecule has 18 heavy (non-hydrogen) atoms. The Morgan fingerprint density at radius 1 is 1.44 bits per heavy atom. The summed E-state index contributed by atoms with van der Waals surface area (Å²) in [5, 5.41) is 8.75. The Balaban J connectivity index is 2.30. The highest BCUT2D eigenvalue weighted by Crippen LogP contribution is 2.23. The van der Waals surface area contributed by atoms with Gasteiger partial charge in [-0.2, -0.15) is 0 Å². The minimum absolute atomic E-state index is 0.0935. The molecule has 0 saturated heterocycles. The molecule has 2 N–H and O–H groups in total. The van der Waals surface area contributed by atoms with Gasteiger partial charge in [0, 0.05) is 5.56 Å². The van der Waals surface area contributed by atoms with Crippen LogP contribution < -0.4 is 4.74 Å². The summed E-state index contributed by atoms with van der Waals surface area (Å²) in [4.78, 5) is 17.9. The summed E-state index contributed by atoms with van der Waals surface area (Å²) in [5.74, 6) is 0.483. The molecule has 1 heterocycles. The zero-order chi connectivity index (χ0) is 13.1. The maximum Gasteiger partial charge on any atom is 0.309 e. The molecule has 5 nitrogen and oxygen atoms in total. The van der Waals surface area contributed by atoms with Crippen molar-refractivity contribution in [2.24, 2.45) is 0 Å². The number of imidazole rings is 1. The molecule has 0 bridgehead atoms. The van der Waals surface area contributed by atoms with Gasteiger partial charge in [-0.25, -0.2) is 4.98 Å². The van der Waals surface area contributed by atoms with E-state index in [1.165, 1.54) is 0 Å². The smallest absolute Gasteiger partial charge is 0.309 e. The summed E-state index contributed by atoms with van der Waals surface area (Å²) in [6, 6.07) is 7.36. The van der Waals surface area contributed by atoms with Crippen molar-refractivity contribution in [1.82, 2.24) is 9.97 Å². The number of aromatic amines is 1. The third-order valence-corrected chi connectivity index (χ3v) is 3.08. The molecule has 94 valence electrons. The fourth-order valence-electron chi connectivity index (χ4n) is 1.54. The molecule has 0 unspecified atom stereocenters. The van der Waals surface area contributed by atoms with Crippen LogP contribution in [0.15, 0.2) is 28.9 Å². The van der Waals surface area contributed by atoms with Crippen molar-refractivity contribution in [3.8, 4) is 17.1 Å². The van der Waals surface area contributed by atoms with Gasteiger partial charge in [0.05, 0.1) is 19.2 Å². The standard InChI is InChI=1S/C12H11BrN2O3/c1-18-8-4-2-7(3-5-8)12-14-9(6-10(16)17)11(13)15-12/h2-5H,6H2,1H3,(H,14,15)(H,16,17). The molecule has 0 fully saturated rings. The number of H-pyrrole nitrogens is 1. The van der Waals surface area contributed by atoms with Crippen LogP contribution in [0, 0.1) is 0 Å². The second kappa shape index (κ2) is 5.22. The van der Waals surface area contributed by atoms with Crippen LogP contribution in [0.25, 0.3) is 11.4 Å². The highest BCUT2D eigenvalue weighted by molar-refractivity contribution is 9.10. The van der Waals surface area contributed by atoms with Crippen molar-refractivity contribution < 1.29 is 14.6 Å². The van der Waals surface area contributed by atoms with Gasteiger partial charge in [0.25, 0.3) is 0 Å². The number of carboxylic acid groups (broad SMARTS) is 1.